The number of thiocarbonyl (C=S) groups is 1. The standard InChI is InChI=1S/C19H14N4O3S3/c1-11-21-22-18(28-11)20-16(24)10-23-17(25)15(29-19(23)27)9-13-7-8-14(26-13)12-5-3-2-4-6-12/h2-9H,10H2,1H3,(H,20,22,24)/b15-9-. The summed E-state index contributed by atoms with van der Waals surface area (Å²) in [6.45, 7) is 1.60. The molecule has 29 heavy (non-hydrogen) atoms. The molecule has 0 unspecified atom stereocenters. The van der Waals surface area contributed by atoms with Crippen LogP contribution in [-0.2, 0) is 9.59 Å². The topological polar surface area (TPSA) is 88.3 Å². The summed E-state index contributed by atoms with van der Waals surface area (Å²) in [4.78, 5) is 26.6. The summed E-state index contributed by atoms with van der Waals surface area (Å²) in [6, 6.07) is 13.3. The molecule has 1 aliphatic rings. The second-order valence-corrected chi connectivity index (χ2v) is 8.87. The molecule has 0 saturated carbocycles. The van der Waals surface area contributed by atoms with Crippen molar-refractivity contribution in [3.8, 4) is 11.3 Å². The summed E-state index contributed by atoms with van der Waals surface area (Å²) in [5, 5.41) is 11.4. The van der Waals surface area contributed by atoms with Crippen LogP contribution in [0.3, 0.4) is 0 Å². The molecular formula is C19H14N4O3S3. The van der Waals surface area contributed by atoms with Gasteiger partial charge >= 0.3 is 0 Å². The van der Waals surface area contributed by atoms with Crippen molar-refractivity contribution in [2.75, 3.05) is 11.9 Å². The van der Waals surface area contributed by atoms with Crippen molar-refractivity contribution in [1.29, 1.82) is 0 Å². The number of hydrogen-bond acceptors (Lipinski definition) is 8. The molecular weight excluding hydrogens is 428 g/mol. The lowest BCUT2D eigenvalue weighted by Crippen LogP contribution is -2.36. The van der Waals surface area contributed by atoms with Crippen LogP contribution < -0.4 is 5.32 Å². The molecule has 1 N–H and O–H groups in total. The molecule has 3 aromatic rings. The van der Waals surface area contributed by atoms with Crippen molar-refractivity contribution < 1.29 is 14.0 Å². The summed E-state index contributed by atoms with van der Waals surface area (Å²) in [5.41, 5.74) is 0.947. The zero-order valence-electron chi connectivity index (χ0n) is 15.1. The lowest BCUT2D eigenvalue weighted by Gasteiger charge is -2.12. The predicted octanol–water partition coefficient (Wildman–Crippen LogP) is 3.95. The van der Waals surface area contributed by atoms with Gasteiger partial charge in [-0.15, -0.1) is 10.2 Å². The van der Waals surface area contributed by atoms with Crippen LogP contribution >= 0.6 is 35.3 Å². The van der Waals surface area contributed by atoms with E-state index in [9.17, 15) is 9.59 Å². The van der Waals surface area contributed by atoms with Gasteiger partial charge in [0, 0.05) is 11.6 Å². The Balaban J connectivity index is 1.45. The summed E-state index contributed by atoms with van der Waals surface area (Å²) < 4.78 is 6.14. The first kappa shape index (κ1) is 19.5. The van der Waals surface area contributed by atoms with E-state index in [0.29, 0.717) is 25.9 Å². The highest BCUT2D eigenvalue weighted by atomic mass is 32.2. The number of carbonyl (C=O) groups excluding carboxylic acids is 2. The number of carbonyl (C=O) groups is 2. The van der Waals surface area contributed by atoms with E-state index in [1.807, 2.05) is 36.4 Å². The number of nitrogens with one attached hydrogen (secondary N) is 1. The molecule has 1 fully saturated rings. The van der Waals surface area contributed by atoms with E-state index >= 15 is 0 Å². The van der Waals surface area contributed by atoms with Crippen LogP contribution in [0.4, 0.5) is 5.13 Å². The fourth-order valence-corrected chi connectivity index (χ4v) is 4.45. The van der Waals surface area contributed by atoms with Crippen LogP contribution in [0.15, 0.2) is 51.8 Å². The van der Waals surface area contributed by atoms with E-state index in [4.69, 9.17) is 16.6 Å². The van der Waals surface area contributed by atoms with Gasteiger partial charge in [-0.3, -0.25) is 19.8 Å². The number of rotatable bonds is 5. The molecule has 4 rings (SSSR count). The first-order valence-corrected chi connectivity index (χ1v) is 10.5. The van der Waals surface area contributed by atoms with Crippen LogP contribution in [0.1, 0.15) is 10.8 Å². The fraction of sp³-hybridized carbons (Fsp3) is 0.105. The third-order valence-electron chi connectivity index (χ3n) is 3.91. The molecule has 0 spiro atoms. The average Bonchev–Trinajstić information content (AvgIpc) is 3.40. The number of anilines is 1. The smallest absolute Gasteiger partial charge is 0.266 e. The second kappa shape index (κ2) is 8.27. The van der Waals surface area contributed by atoms with Gasteiger partial charge in [0.2, 0.25) is 11.0 Å². The normalized spacial score (nSPS) is 15.3. The maximum atomic E-state index is 12.7. The van der Waals surface area contributed by atoms with Crippen LogP contribution in [0.5, 0.6) is 0 Å². The Hall–Kier alpha value is -2.82. The Kier molecular flexibility index (Phi) is 5.56. The Labute approximate surface area is 179 Å². The van der Waals surface area contributed by atoms with Gasteiger partial charge in [-0.1, -0.05) is 65.6 Å². The second-order valence-electron chi connectivity index (χ2n) is 6.01. The van der Waals surface area contributed by atoms with Crippen molar-refractivity contribution >= 4 is 62.7 Å². The molecule has 0 atom stereocenters. The monoisotopic (exact) mass is 442 g/mol. The molecule has 2 amide bonds. The number of furan rings is 1. The quantitative estimate of drug-likeness (QED) is 0.473. The summed E-state index contributed by atoms with van der Waals surface area (Å²) in [5.74, 6) is 0.529. The van der Waals surface area contributed by atoms with Gasteiger partial charge < -0.3 is 4.42 Å². The van der Waals surface area contributed by atoms with Gasteiger partial charge in [-0.25, -0.2) is 0 Å². The molecule has 0 bridgehead atoms. The van der Waals surface area contributed by atoms with Crippen LogP contribution in [-0.4, -0.2) is 37.8 Å². The molecule has 1 saturated heterocycles. The fourth-order valence-electron chi connectivity index (χ4n) is 2.60. The van der Waals surface area contributed by atoms with E-state index in [2.05, 4.69) is 15.5 Å². The third-order valence-corrected chi connectivity index (χ3v) is 6.04. The van der Waals surface area contributed by atoms with Crippen LogP contribution in [0, 0.1) is 6.92 Å². The molecule has 1 aromatic carbocycles. The maximum Gasteiger partial charge on any atom is 0.266 e. The number of aromatic nitrogens is 2. The van der Waals surface area contributed by atoms with Gasteiger partial charge in [-0.05, 0) is 19.1 Å². The molecule has 7 nitrogen and oxygen atoms in total. The van der Waals surface area contributed by atoms with Crippen molar-refractivity contribution in [1.82, 2.24) is 15.1 Å². The molecule has 0 radical (unpaired) electrons. The maximum absolute atomic E-state index is 12.7. The minimum atomic E-state index is -0.386. The minimum Gasteiger partial charge on any atom is -0.457 e. The van der Waals surface area contributed by atoms with E-state index in [1.165, 1.54) is 16.2 Å². The SMILES string of the molecule is Cc1nnc(NC(=O)CN2C(=O)/C(=C/c3ccc(-c4ccccc4)o3)SC2=S)s1. The Bertz CT molecular complexity index is 1120. The highest BCUT2D eigenvalue weighted by molar-refractivity contribution is 8.26. The highest BCUT2D eigenvalue weighted by Gasteiger charge is 2.33. The zero-order valence-corrected chi connectivity index (χ0v) is 17.6. The highest BCUT2D eigenvalue weighted by Crippen LogP contribution is 2.33. The van der Waals surface area contributed by atoms with Gasteiger partial charge in [0.1, 0.15) is 27.4 Å². The average molecular weight is 443 g/mol. The largest absolute Gasteiger partial charge is 0.457 e. The Morgan fingerprint density at radius 3 is 2.76 bits per heavy atom. The first-order valence-electron chi connectivity index (χ1n) is 8.50. The molecule has 0 aliphatic carbocycles. The summed E-state index contributed by atoms with van der Waals surface area (Å²) in [6.07, 6.45) is 1.64. The van der Waals surface area contributed by atoms with Gasteiger partial charge in [-0.2, -0.15) is 0 Å². The summed E-state index contributed by atoms with van der Waals surface area (Å²) >= 11 is 7.67. The van der Waals surface area contributed by atoms with Crippen molar-refractivity contribution in [3.05, 3.63) is 58.1 Å². The summed E-state index contributed by atoms with van der Waals surface area (Å²) in [7, 11) is 0. The van der Waals surface area contributed by atoms with Gasteiger partial charge in [0.05, 0.1) is 4.91 Å². The van der Waals surface area contributed by atoms with Crippen LogP contribution in [0.25, 0.3) is 17.4 Å². The van der Waals surface area contributed by atoms with Gasteiger partial charge in [0.15, 0.2) is 0 Å². The number of amides is 2. The number of thioether (sulfide) groups is 1. The van der Waals surface area contributed by atoms with E-state index in [0.717, 1.165) is 22.3 Å². The van der Waals surface area contributed by atoms with Gasteiger partial charge in [0.25, 0.3) is 5.91 Å². The van der Waals surface area contributed by atoms with E-state index < -0.39 is 0 Å². The molecule has 146 valence electrons. The van der Waals surface area contributed by atoms with Crippen molar-refractivity contribution in [2.45, 2.75) is 6.92 Å². The molecule has 2 aromatic heterocycles. The Morgan fingerprint density at radius 1 is 1.24 bits per heavy atom. The molecule has 1 aliphatic heterocycles. The lowest BCUT2D eigenvalue weighted by atomic mass is 10.2. The van der Waals surface area contributed by atoms with Crippen molar-refractivity contribution in [2.24, 2.45) is 0 Å². The van der Waals surface area contributed by atoms with Crippen molar-refractivity contribution in [3.63, 3.8) is 0 Å². The third kappa shape index (κ3) is 4.44. The number of hydrogen-bond donors (Lipinski definition) is 1. The molecule has 3 heterocycles. The van der Waals surface area contributed by atoms with Crippen LogP contribution in [0.2, 0.25) is 0 Å². The minimum absolute atomic E-state index is 0.186. The first-order chi connectivity index (χ1) is 14.0. The van der Waals surface area contributed by atoms with E-state index in [-0.39, 0.29) is 18.4 Å². The number of benzene rings is 1. The molecule has 10 heteroatoms. The number of aryl methyl sites for hydroxylation is 1. The zero-order chi connectivity index (χ0) is 20.4. The number of nitrogens with zero attached hydrogens (tertiary/aromatic N) is 3. The Morgan fingerprint density at radius 2 is 2.03 bits per heavy atom. The van der Waals surface area contributed by atoms with E-state index in [1.54, 1.807) is 19.1 Å². The lowest BCUT2D eigenvalue weighted by molar-refractivity contribution is -0.126. The predicted molar refractivity (Wildman–Crippen MR) is 117 cm³/mol.